The molecular weight excluding hydrogens is 279 g/mol. The number of rotatable bonds is 7. The highest BCUT2D eigenvalue weighted by Crippen LogP contribution is 2.21. The molecule has 4 nitrogen and oxygen atoms in total. The van der Waals surface area contributed by atoms with E-state index < -0.39 is 15.8 Å². The lowest BCUT2D eigenvalue weighted by atomic mass is 10.1. The van der Waals surface area contributed by atoms with Gasteiger partial charge in [-0.25, -0.2) is 17.5 Å². The number of unbranched alkanes of at least 4 members (excludes halogenated alkanes) is 1. The molecule has 1 aromatic rings. The molecule has 1 unspecified atom stereocenters. The van der Waals surface area contributed by atoms with E-state index >= 15 is 0 Å². The monoisotopic (exact) mass is 302 g/mol. The van der Waals surface area contributed by atoms with Crippen LogP contribution in [0.1, 0.15) is 44.2 Å². The summed E-state index contributed by atoms with van der Waals surface area (Å²) in [5.41, 5.74) is 6.06. The molecule has 0 spiro atoms. The zero-order valence-electron chi connectivity index (χ0n) is 12.2. The SMILES string of the molecule is CCCCC(C)NS(=O)(=O)c1cc(CN)cc(F)c1C. The Morgan fingerprint density at radius 2 is 2.05 bits per heavy atom. The zero-order chi connectivity index (χ0) is 15.3. The van der Waals surface area contributed by atoms with Gasteiger partial charge in [0.1, 0.15) is 5.82 Å². The predicted molar refractivity (Wildman–Crippen MR) is 78.3 cm³/mol. The Balaban J connectivity index is 3.06. The molecule has 0 aliphatic heterocycles. The van der Waals surface area contributed by atoms with Gasteiger partial charge in [-0.15, -0.1) is 0 Å². The largest absolute Gasteiger partial charge is 0.326 e. The first-order valence-electron chi connectivity index (χ1n) is 6.83. The molecule has 6 heteroatoms. The van der Waals surface area contributed by atoms with Crippen molar-refractivity contribution in [3.05, 3.63) is 29.1 Å². The van der Waals surface area contributed by atoms with Crippen molar-refractivity contribution < 1.29 is 12.8 Å². The molecule has 0 radical (unpaired) electrons. The van der Waals surface area contributed by atoms with E-state index in [0.717, 1.165) is 19.3 Å². The van der Waals surface area contributed by atoms with Crippen LogP contribution in [0.15, 0.2) is 17.0 Å². The van der Waals surface area contributed by atoms with Gasteiger partial charge in [-0.3, -0.25) is 0 Å². The molecule has 0 aliphatic rings. The summed E-state index contributed by atoms with van der Waals surface area (Å²) in [6.07, 6.45) is 2.70. The topological polar surface area (TPSA) is 72.2 Å². The van der Waals surface area contributed by atoms with Crippen molar-refractivity contribution in [3.63, 3.8) is 0 Å². The molecular formula is C14H23FN2O2S. The maximum Gasteiger partial charge on any atom is 0.241 e. The van der Waals surface area contributed by atoms with Gasteiger partial charge >= 0.3 is 0 Å². The van der Waals surface area contributed by atoms with Crippen LogP contribution in [0.4, 0.5) is 4.39 Å². The Morgan fingerprint density at radius 1 is 1.40 bits per heavy atom. The molecule has 0 aliphatic carbocycles. The highest BCUT2D eigenvalue weighted by molar-refractivity contribution is 7.89. The van der Waals surface area contributed by atoms with E-state index in [1.165, 1.54) is 19.1 Å². The van der Waals surface area contributed by atoms with Crippen LogP contribution in [0, 0.1) is 12.7 Å². The average molecular weight is 302 g/mol. The molecule has 3 N–H and O–H groups in total. The lowest BCUT2D eigenvalue weighted by Gasteiger charge is -2.16. The quantitative estimate of drug-likeness (QED) is 0.812. The maximum absolute atomic E-state index is 13.7. The van der Waals surface area contributed by atoms with Gasteiger partial charge in [-0.1, -0.05) is 19.8 Å². The standard InChI is InChI=1S/C14H23FN2O2S/c1-4-5-6-10(2)17-20(18,19)14-8-12(9-16)7-13(15)11(14)3/h7-8,10,17H,4-6,9,16H2,1-3H3. The van der Waals surface area contributed by atoms with Crippen molar-refractivity contribution in [1.82, 2.24) is 4.72 Å². The third kappa shape index (κ3) is 4.26. The van der Waals surface area contributed by atoms with Gasteiger partial charge in [0, 0.05) is 18.2 Å². The summed E-state index contributed by atoms with van der Waals surface area (Å²) in [6, 6.07) is 2.53. The Labute approximate surface area is 120 Å². The van der Waals surface area contributed by atoms with Crippen molar-refractivity contribution in [2.45, 2.75) is 57.5 Å². The molecule has 20 heavy (non-hydrogen) atoms. The van der Waals surface area contributed by atoms with Gasteiger partial charge in [0.05, 0.1) is 4.90 Å². The predicted octanol–water partition coefficient (Wildman–Crippen LogP) is 2.45. The van der Waals surface area contributed by atoms with Crippen LogP contribution < -0.4 is 10.5 Å². The second-order valence-electron chi connectivity index (χ2n) is 5.07. The molecule has 0 bridgehead atoms. The zero-order valence-corrected chi connectivity index (χ0v) is 13.1. The first kappa shape index (κ1) is 17.1. The summed E-state index contributed by atoms with van der Waals surface area (Å²) in [7, 11) is -3.72. The van der Waals surface area contributed by atoms with E-state index in [1.54, 1.807) is 0 Å². The van der Waals surface area contributed by atoms with E-state index in [-0.39, 0.29) is 23.0 Å². The highest BCUT2D eigenvalue weighted by atomic mass is 32.2. The fourth-order valence-corrected chi connectivity index (χ4v) is 3.58. The van der Waals surface area contributed by atoms with Crippen molar-refractivity contribution >= 4 is 10.0 Å². The summed E-state index contributed by atoms with van der Waals surface area (Å²) in [5.74, 6) is -0.547. The van der Waals surface area contributed by atoms with Gasteiger partial charge in [-0.2, -0.15) is 0 Å². The third-order valence-electron chi connectivity index (χ3n) is 3.23. The minimum Gasteiger partial charge on any atom is -0.326 e. The number of benzene rings is 1. The second kappa shape index (κ2) is 7.15. The first-order valence-corrected chi connectivity index (χ1v) is 8.31. The van der Waals surface area contributed by atoms with E-state index in [0.29, 0.717) is 5.56 Å². The van der Waals surface area contributed by atoms with Crippen LogP contribution >= 0.6 is 0 Å². The van der Waals surface area contributed by atoms with E-state index in [4.69, 9.17) is 5.73 Å². The number of halogens is 1. The van der Waals surface area contributed by atoms with Gasteiger partial charge in [0.15, 0.2) is 0 Å². The normalized spacial score (nSPS) is 13.4. The Morgan fingerprint density at radius 3 is 2.60 bits per heavy atom. The summed E-state index contributed by atoms with van der Waals surface area (Å²) in [5, 5.41) is 0. The van der Waals surface area contributed by atoms with E-state index in [1.807, 2.05) is 13.8 Å². The Bertz CT molecular complexity index is 559. The molecule has 0 fully saturated rings. The van der Waals surface area contributed by atoms with Crippen LogP contribution in [0.25, 0.3) is 0 Å². The number of nitrogens with one attached hydrogen (secondary N) is 1. The molecule has 0 saturated heterocycles. The van der Waals surface area contributed by atoms with Crippen LogP contribution in [0.2, 0.25) is 0 Å². The summed E-state index contributed by atoms with van der Waals surface area (Å²) in [4.78, 5) is -0.0266. The van der Waals surface area contributed by atoms with Crippen LogP contribution in [0.5, 0.6) is 0 Å². The molecule has 0 heterocycles. The molecule has 0 saturated carbocycles. The van der Waals surface area contributed by atoms with Crippen molar-refractivity contribution in [1.29, 1.82) is 0 Å². The fraction of sp³-hybridized carbons (Fsp3) is 0.571. The number of hydrogen-bond acceptors (Lipinski definition) is 3. The third-order valence-corrected chi connectivity index (χ3v) is 4.94. The minimum absolute atomic E-state index is 0.0266. The van der Waals surface area contributed by atoms with Gasteiger partial charge in [0.2, 0.25) is 10.0 Å². The summed E-state index contributed by atoms with van der Waals surface area (Å²) >= 11 is 0. The van der Waals surface area contributed by atoms with Crippen LogP contribution in [-0.4, -0.2) is 14.5 Å². The van der Waals surface area contributed by atoms with Gasteiger partial charge in [-0.05, 0) is 38.0 Å². The lowest BCUT2D eigenvalue weighted by Crippen LogP contribution is -2.33. The molecule has 114 valence electrons. The smallest absolute Gasteiger partial charge is 0.241 e. The Hall–Kier alpha value is -0.980. The molecule has 1 aromatic carbocycles. The molecule has 0 amide bonds. The summed E-state index contributed by atoms with van der Waals surface area (Å²) < 4.78 is 41.0. The number of nitrogens with two attached hydrogens (primary N) is 1. The maximum atomic E-state index is 13.7. The highest BCUT2D eigenvalue weighted by Gasteiger charge is 2.21. The van der Waals surface area contributed by atoms with Crippen molar-refractivity contribution in [2.75, 3.05) is 0 Å². The fourth-order valence-electron chi connectivity index (χ4n) is 2.00. The minimum atomic E-state index is -3.72. The lowest BCUT2D eigenvalue weighted by molar-refractivity contribution is 0.531. The van der Waals surface area contributed by atoms with Gasteiger partial charge in [0.25, 0.3) is 0 Å². The van der Waals surface area contributed by atoms with Crippen LogP contribution in [-0.2, 0) is 16.6 Å². The molecule has 1 atom stereocenters. The molecule has 1 rings (SSSR count). The molecule has 0 aromatic heterocycles. The van der Waals surface area contributed by atoms with Crippen molar-refractivity contribution in [3.8, 4) is 0 Å². The summed E-state index contributed by atoms with van der Waals surface area (Å²) in [6.45, 7) is 5.42. The first-order chi connectivity index (χ1) is 9.31. The Kier molecular flexibility index (Phi) is 6.10. The van der Waals surface area contributed by atoms with Gasteiger partial charge < -0.3 is 5.73 Å². The van der Waals surface area contributed by atoms with Crippen LogP contribution in [0.3, 0.4) is 0 Å². The second-order valence-corrected chi connectivity index (χ2v) is 6.75. The van der Waals surface area contributed by atoms with E-state index in [2.05, 4.69) is 4.72 Å². The van der Waals surface area contributed by atoms with E-state index in [9.17, 15) is 12.8 Å². The van der Waals surface area contributed by atoms with Crippen molar-refractivity contribution in [2.24, 2.45) is 5.73 Å². The number of hydrogen-bond donors (Lipinski definition) is 2. The average Bonchev–Trinajstić information content (AvgIpc) is 2.38. The number of sulfonamides is 1.